The average molecular weight is 397 g/mol. The summed E-state index contributed by atoms with van der Waals surface area (Å²) in [4.78, 5) is 26.8. The van der Waals surface area contributed by atoms with Crippen LogP contribution in [0, 0.1) is 25.6 Å². The first-order valence-electron chi connectivity index (χ1n) is 10.0. The number of benzene rings is 2. The lowest BCUT2D eigenvalue weighted by Crippen LogP contribution is -2.43. The zero-order valence-corrected chi connectivity index (χ0v) is 17.0. The first-order chi connectivity index (χ1) is 13.9. The molecule has 0 bridgehead atoms. The minimum atomic E-state index is -0.283. The molecule has 29 heavy (non-hydrogen) atoms. The Balaban J connectivity index is 1.40. The molecule has 1 aliphatic heterocycles. The number of rotatable bonds is 6. The lowest BCUT2D eigenvalue weighted by molar-refractivity contribution is -0.126. The van der Waals surface area contributed by atoms with Crippen molar-refractivity contribution in [1.29, 1.82) is 0 Å². The van der Waals surface area contributed by atoms with Crippen LogP contribution in [0.1, 0.15) is 29.5 Å². The fraction of sp³-hybridized carbons (Fsp3) is 0.391. The highest BCUT2D eigenvalue weighted by Crippen LogP contribution is 2.19. The van der Waals surface area contributed by atoms with Crippen molar-refractivity contribution in [2.75, 3.05) is 25.0 Å². The summed E-state index contributed by atoms with van der Waals surface area (Å²) >= 11 is 0. The number of hydrogen-bond donors (Lipinski definition) is 2. The maximum Gasteiger partial charge on any atom is 0.238 e. The van der Waals surface area contributed by atoms with E-state index in [2.05, 4.69) is 15.5 Å². The van der Waals surface area contributed by atoms with Crippen molar-refractivity contribution in [3.8, 4) is 0 Å². The number of anilines is 1. The number of nitrogens with one attached hydrogen (secondary N) is 2. The molecule has 0 saturated carbocycles. The molecule has 1 saturated heterocycles. The summed E-state index contributed by atoms with van der Waals surface area (Å²) in [6, 6.07) is 12.1. The van der Waals surface area contributed by atoms with E-state index in [-0.39, 0.29) is 23.5 Å². The van der Waals surface area contributed by atoms with Crippen molar-refractivity contribution >= 4 is 17.5 Å². The Labute approximate surface area is 171 Å². The molecule has 0 radical (unpaired) electrons. The predicted molar refractivity (Wildman–Crippen MR) is 112 cm³/mol. The predicted octanol–water partition coefficient (Wildman–Crippen LogP) is 3.41. The molecular weight excluding hydrogens is 369 g/mol. The monoisotopic (exact) mass is 397 g/mol. The highest BCUT2D eigenvalue weighted by molar-refractivity contribution is 5.93. The molecule has 1 heterocycles. The fourth-order valence-corrected chi connectivity index (χ4v) is 3.64. The van der Waals surface area contributed by atoms with Crippen molar-refractivity contribution < 1.29 is 14.0 Å². The van der Waals surface area contributed by atoms with E-state index in [1.807, 2.05) is 32.0 Å². The van der Waals surface area contributed by atoms with Gasteiger partial charge in [0.15, 0.2) is 0 Å². The van der Waals surface area contributed by atoms with Crippen LogP contribution in [0.15, 0.2) is 42.5 Å². The molecule has 0 atom stereocenters. The van der Waals surface area contributed by atoms with Gasteiger partial charge in [-0.3, -0.25) is 14.5 Å². The van der Waals surface area contributed by atoms with Gasteiger partial charge in [-0.05, 0) is 69.1 Å². The van der Waals surface area contributed by atoms with Gasteiger partial charge in [0, 0.05) is 18.2 Å². The lowest BCUT2D eigenvalue weighted by atomic mass is 9.96. The molecule has 1 aliphatic rings. The van der Waals surface area contributed by atoms with Gasteiger partial charge in [0.2, 0.25) is 11.8 Å². The van der Waals surface area contributed by atoms with Gasteiger partial charge < -0.3 is 10.6 Å². The molecule has 2 N–H and O–H groups in total. The second kappa shape index (κ2) is 9.65. The standard InChI is InChI=1S/C23H28FN3O2/c1-16-3-8-21(17(2)13-16)26-22(28)15-27-11-9-19(10-12-27)23(29)25-14-18-4-6-20(24)7-5-18/h3-8,13,19H,9-12,14-15H2,1-2H3,(H,25,29)(H,26,28). The van der Waals surface area contributed by atoms with Gasteiger partial charge in [-0.15, -0.1) is 0 Å². The SMILES string of the molecule is Cc1ccc(NC(=O)CN2CCC(C(=O)NCc3ccc(F)cc3)CC2)c(C)c1. The Bertz CT molecular complexity index is 859. The second-order valence-electron chi connectivity index (χ2n) is 7.76. The molecule has 2 amide bonds. The van der Waals surface area contributed by atoms with Gasteiger partial charge in [-0.25, -0.2) is 4.39 Å². The molecule has 6 heteroatoms. The number of carbonyl (C=O) groups excluding carboxylic acids is 2. The van der Waals surface area contributed by atoms with Crippen LogP contribution in [0.5, 0.6) is 0 Å². The van der Waals surface area contributed by atoms with E-state index < -0.39 is 0 Å². The zero-order chi connectivity index (χ0) is 20.8. The van der Waals surface area contributed by atoms with E-state index in [4.69, 9.17) is 0 Å². The third kappa shape index (κ3) is 6.12. The Morgan fingerprint density at radius 1 is 1.07 bits per heavy atom. The van der Waals surface area contributed by atoms with Crippen LogP contribution in [0.3, 0.4) is 0 Å². The van der Waals surface area contributed by atoms with E-state index in [1.54, 1.807) is 12.1 Å². The van der Waals surface area contributed by atoms with Gasteiger partial charge in [0.1, 0.15) is 5.82 Å². The number of nitrogens with zero attached hydrogens (tertiary/aromatic N) is 1. The van der Waals surface area contributed by atoms with Crippen LogP contribution in [-0.2, 0) is 16.1 Å². The van der Waals surface area contributed by atoms with Gasteiger partial charge in [0.05, 0.1) is 6.54 Å². The zero-order valence-electron chi connectivity index (χ0n) is 17.0. The molecule has 0 spiro atoms. The molecule has 1 fully saturated rings. The first-order valence-corrected chi connectivity index (χ1v) is 10.0. The number of piperidine rings is 1. The van der Waals surface area contributed by atoms with Crippen molar-refractivity contribution in [2.45, 2.75) is 33.2 Å². The number of aryl methyl sites for hydroxylation is 2. The van der Waals surface area contributed by atoms with E-state index in [9.17, 15) is 14.0 Å². The van der Waals surface area contributed by atoms with Gasteiger partial charge >= 0.3 is 0 Å². The van der Waals surface area contributed by atoms with Crippen molar-refractivity contribution in [3.63, 3.8) is 0 Å². The summed E-state index contributed by atoms with van der Waals surface area (Å²) in [5.41, 5.74) is 3.94. The molecule has 0 unspecified atom stereocenters. The van der Waals surface area contributed by atoms with Crippen molar-refractivity contribution in [2.24, 2.45) is 5.92 Å². The van der Waals surface area contributed by atoms with Crippen LogP contribution in [0.4, 0.5) is 10.1 Å². The third-order valence-corrected chi connectivity index (χ3v) is 5.36. The third-order valence-electron chi connectivity index (χ3n) is 5.36. The highest BCUT2D eigenvalue weighted by atomic mass is 19.1. The number of likely N-dealkylation sites (tertiary alicyclic amines) is 1. The average Bonchev–Trinajstić information content (AvgIpc) is 2.70. The van der Waals surface area contributed by atoms with Crippen molar-refractivity contribution in [3.05, 3.63) is 65.0 Å². The minimum absolute atomic E-state index is 0.0220. The quantitative estimate of drug-likeness (QED) is 0.785. The number of amides is 2. The topological polar surface area (TPSA) is 61.4 Å². The maximum atomic E-state index is 12.9. The smallest absolute Gasteiger partial charge is 0.238 e. The van der Waals surface area contributed by atoms with Crippen LogP contribution in [-0.4, -0.2) is 36.3 Å². The Morgan fingerprint density at radius 3 is 2.41 bits per heavy atom. The van der Waals surface area contributed by atoms with Crippen LogP contribution >= 0.6 is 0 Å². The summed E-state index contributed by atoms with van der Waals surface area (Å²) in [6.07, 6.45) is 1.46. The molecule has 3 rings (SSSR count). The second-order valence-corrected chi connectivity index (χ2v) is 7.76. The largest absolute Gasteiger partial charge is 0.352 e. The fourth-order valence-electron chi connectivity index (χ4n) is 3.64. The highest BCUT2D eigenvalue weighted by Gasteiger charge is 2.25. The molecular formula is C23H28FN3O2. The van der Waals surface area contributed by atoms with Crippen LogP contribution < -0.4 is 10.6 Å². The normalized spacial score (nSPS) is 15.1. The lowest BCUT2D eigenvalue weighted by Gasteiger charge is -2.30. The maximum absolute atomic E-state index is 12.9. The Hall–Kier alpha value is -2.73. The molecule has 0 aromatic heterocycles. The number of halogens is 1. The summed E-state index contributed by atoms with van der Waals surface area (Å²) in [5, 5.41) is 5.90. The minimum Gasteiger partial charge on any atom is -0.352 e. The molecule has 154 valence electrons. The molecule has 2 aromatic rings. The summed E-state index contributed by atoms with van der Waals surface area (Å²) < 4.78 is 12.9. The Morgan fingerprint density at radius 2 is 1.76 bits per heavy atom. The molecule has 0 aliphatic carbocycles. The molecule has 2 aromatic carbocycles. The van der Waals surface area contributed by atoms with Gasteiger partial charge in [-0.2, -0.15) is 0 Å². The number of hydrogen-bond acceptors (Lipinski definition) is 3. The first kappa shape index (κ1) is 21.0. The van der Waals surface area contributed by atoms with Crippen molar-refractivity contribution in [1.82, 2.24) is 10.2 Å². The van der Waals surface area contributed by atoms with E-state index >= 15 is 0 Å². The summed E-state index contributed by atoms with van der Waals surface area (Å²) in [5.74, 6) is -0.340. The van der Waals surface area contributed by atoms with Gasteiger partial charge in [0.25, 0.3) is 0 Å². The number of carbonyl (C=O) groups is 2. The summed E-state index contributed by atoms with van der Waals surface area (Å²) in [6.45, 7) is 6.18. The van der Waals surface area contributed by atoms with E-state index in [0.717, 1.165) is 42.7 Å². The summed E-state index contributed by atoms with van der Waals surface area (Å²) in [7, 11) is 0. The molecule has 5 nitrogen and oxygen atoms in total. The van der Waals surface area contributed by atoms with Gasteiger partial charge in [-0.1, -0.05) is 29.8 Å². The Kier molecular flexibility index (Phi) is 6.99. The van der Waals surface area contributed by atoms with Crippen LogP contribution in [0.25, 0.3) is 0 Å². The van der Waals surface area contributed by atoms with E-state index in [1.165, 1.54) is 17.7 Å². The van der Waals surface area contributed by atoms with E-state index in [0.29, 0.717) is 13.1 Å². The van der Waals surface area contributed by atoms with Crippen LogP contribution in [0.2, 0.25) is 0 Å².